The van der Waals surface area contributed by atoms with Gasteiger partial charge in [-0.15, -0.1) is 4.91 Å². The van der Waals surface area contributed by atoms with Crippen molar-refractivity contribution in [3.05, 3.63) is 40.8 Å². The van der Waals surface area contributed by atoms with Gasteiger partial charge >= 0.3 is 5.97 Å². The normalized spacial score (nSPS) is 36.8. The number of carbonyl (C=O) groups excluding carboxylic acids is 2. The van der Waals surface area contributed by atoms with E-state index in [9.17, 15) is 34.1 Å². The van der Waals surface area contributed by atoms with Gasteiger partial charge in [0.25, 0.3) is 11.8 Å². The second-order valence-corrected chi connectivity index (χ2v) is 10.2. The number of hydrogen-bond donors (Lipinski definition) is 2. The molecule has 0 radical (unpaired) electrons. The SMILES string of the molecule is CC1(O)C[S+]([O-])[C@H]2C(N3C(=O)C(c4ccccc4)N(N=O)C3(C)C)C(=O)N2C1C(=O)O. The molecule has 1 aromatic rings. The fourth-order valence-corrected chi connectivity index (χ4v) is 6.77. The van der Waals surface area contributed by atoms with Crippen molar-refractivity contribution in [2.75, 3.05) is 5.75 Å². The maximum absolute atomic E-state index is 13.4. The Bertz CT molecular complexity index is 956. The second kappa shape index (κ2) is 6.90. The Kier molecular flexibility index (Phi) is 4.79. The first-order valence-corrected chi connectivity index (χ1v) is 11.0. The number of nitrogens with zero attached hydrogens (tertiary/aromatic N) is 4. The van der Waals surface area contributed by atoms with E-state index in [-0.39, 0.29) is 5.75 Å². The van der Waals surface area contributed by atoms with Crippen molar-refractivity contribution < 1.29 is 29.1 Å². The van der Waals surface area contributed by atoms with E-state index in [1.807, 2.05) is 0 Å². The van der Waals surface area contributed by atoms with Gasteiger partial charge in [-0.25, -0.2) is 9.80 Å². The van der Waals surface area contributed by atoms with Crippen LogP contribution >= 0.6 is 0 Å². The van der Waals surface area contributed by atoms with E-state index in [1.165, 1.54) is 11.8 Å². The number of fused-ring (bicyclic) bond motifs is 1. The average Bonchev–Trinajstić information content (AvgIpc) is 2.87. The summed E-state index contributed by atoms with van der Waals surface area (Å²) in [5.74, 6) is -3.11. The van der Waals surface area contributed by atoms with Gasteiger partial charge in [0.2, 0.25) is 5.37 Å². The molecule has 0 saturated carbocycles. The van der Waals surface area contributed by atoms with Crippen molar-refractivity contribution in [3.63, 3.8) is 0 Å². The summed E-state index contributed by atoms with van der Waals surface area (Å²) in [5, 5.41) is 23.0. The number of carbonyl (C=O) groups is 3. The number of carboxylic acids is 1. The first-order chi connectivity index (χ1) is 14.4. The van der Waals surface area contributed by atoms with E-state index in [0.717, 1.165) is 9.91 Å². The van der Waals surface area contributed by atoms with Crippen molar-refractivity contribution >= 4 is 29.0 Å². The topological polar surface area (TPSA) is 154 Å². The highest BCUT2D eigenvalue weighted by Crippen LogP contribution is 2.48. The summed E-state index contributed by atoms with van der Waals surface area (Å²) in [7, 11) is 0. The van der Waals surface area contributed by atoms with Crippen LogP contribution in [0.4, 0.5) is 0 Å². The van der Waals surface area contributed by atoms with Crippen LogP contribution in [-0.2, 0) is 25.6 Å². The Morgan fingerprint density at radius 3 is 2.35 bits per heavy atom. The molecule has 12 heteroatoms. The van der Waals surface area contributed by atoms with E-state index < -0.39 is 63.7 Å². The predicted molar refractivity (Wildman–Crippen MR) is 107 cm³/mol. The van der Waals surface area contributed by atoms with Crippen LogP contribution < -0.4 is 0 Å². The number of rotatable bonds is 4. The number of aliphatic carboxylic acids is 1. The van der Waals surface area contributed by atoms with Crippen LogP contribution in [0.1, 0.15) is 32.4 Å². The molecule has 0 bridgehead atoms. The molecule has 2 amide bonds. The van der Waals surface area contributed by atoms with Crippen LogP contribution in [0.15, 0.2) is 35.6 Å². The lowest BCUT2D eigenvalue weighted by Crippen LogP contribution is -2.84. The second-order valence-electron chi connectivity index (χ2n) is 8.65. The van der Waals surface area contributed by atoms with Gasteiger partial charge in [0, 0.05) is 0 Å². The molecule has 3 aliphatic heterocycles. The van der Waals surface area contributed by atoms with E-state index in [4.69, 9.17) is 0 Å². The maximum Gasteiger partial charge on any atom is 0.329 e. The fourth-order valence-electron chi connectivity index (χ4n) is 4.87. The maximum atomic E-state index is 13.4. The number of aliphatic hydroxyl groups is 1. The Hall–Kier alpha value is -2.70. The van der Waals surface area contributed by atoms with Crippen molar-refractivity contribution in [3.8, 4) is 0 Å². The van der Waals surface area contributed by atoms with Gasteiger partial charge in [0.15, 0.2) is 18.1 Å². The van der Waals surface area contributed by atoms with Crippen LogP contribution in [0.5, 0.6) is 0 Å². The standard InChI is InChI=1S/C19H22N4O7S/c1-18(2)22(15(25)11(23(18)20-29)10-7-5-4-6-8-10)12-14(24)21-13(17(26)27)19(3,28)9-31(30)16(12)21/h4-8,11-13,16,28H,9H2,1-3H3,(H,26,27)/t11?,12?,13?,16-,19?,31?/m0/s1. The Morgan fingerprint density at radius 2 is 1.81 bits per heavy atom. The van der Waals surface area contributed by atoms with Gasteiger partial charge in [-0.3, -0.25) is 19.4 Å². The van der Waals surface area contributed by atoms with Gasteiger partial charge in [-0.2, -0.15) is 0 Å². The number of carboxylic acid groups (broad SMARTS) is 1. The van der Waals surface area contributed by atoms with Gasteiger partial charge in [-0.05, 0) is 37.5 Å². The molecule has 166 valence electrons. The summed E-state index contributed by atoms with van der Waals surface area (Å²) < 4.78 is 12.9. The highest BCUT2D eigenvalue weighted by molar-refractivity contribution is 7.92. The zero-order chi connectivity index (χ0) is 22.9. The minimum atomic E-state index is -1.89. The summed E-state index contributed by atoms with van der Waals surface area (Å²) in [5.41, 5.74) is -2.72. The average molecular weight is 450 g/mol. The first-order valence-electron chi connectivity index (χ1n) is 9.60. The molecule has 3 saturated heterocycles. The molecule has 2 N–H and O–H groups in total. The molecule has 31 heavy (non-hydrogen) atoms. The van der Waals surface area contributed by atoms with Crippen molar-refractivity contribution in [2.24, 2.45) is 5.29 Å². The quantitative estimate of drug-likeness (QED) is 0.363. The summed E-state index contributed by atoms with van der Waals surface area (Å²) in [6.45, 7) is 4.30. The van der Waals surface area contributed by atoms with Crippen molar-refractivity contribution in [1.82, 2.24) is 14.8 Å². The number of hydrogen-bond acceptors (Lipinski definition) is 7. The predicted octanol–water partition coefficient (Wildman–Crippen LogP) is -0.207. The first kappa shape index (κ1) is 21.5. The Morgan fingerprint density at radius 1 is 1.19 bits per heavy atom. The zero-order valence-electron chi connectivity index (χ0n) is 17.0. The molecule has 5 unspecified atom stereocenters. The van der Waals surface area contributed by atoms with Crippen LogP contribution in [0, 0.1) is 4.91 Å². The molecular formula is C19H22N4O7S. The van der Waals surface area contributed by atoms with Crippen LogP contribution in [-0.4, -0.2) is 81.8 Å². The molecule has 3 fully saturated rings. The van der Waals surface area contributed by atoms with Crippen molar-refractivity contribution in [2.45, 2.75) is 55.5 Å². The third-order valence-electron chi connectivity index (χ3n) is 6.20. The summed E-state index contributed by atoms with van der Waals surface area (Å²) in [4.78, 5) is 52.1. The van der Waals surface area contributed by atoms with E-state index >= 15 is 0 Å². The third kappa shape index (κ3) is 2.85. The monoisotopic (exact) mass is 450 g/mol. The molecule has 6 atom stereocenters. The number of β-lactam (4-membered cyclic amide) rings is 1. The van der Waals surface area contributed by atoms with Crippen LogP contribution in [0.25, 0.3) is 0 Å². The molecule has 3 heterocycles. The van der Waals surface area contributed by atoms with Crippen LogP contribution in [0.3, 0.4) is 0 Å². The highest BCUT2D eigenvalue weighted by atomic mass is 32.2. The van der Waals surface area contributed by atoms with Gasteiger partial charge in [-0.1, -0.05) is 30.3 Å². The number of nitroso groups, excluding NO2 is 1. The molecule has 4 rings (SSSR count). The number of amides is 2. The minimum Gasteiger partial charge on any atom is -0.615 e. The summed E-state index contributed by atoms with van der Waals surface area (Å²) in [6, 6.07) is 4.56. The fraction of sp³-hybridized carbons (Fsp3) is 0.526. The van der Waals surface area contributed by atoms with E-state index in [2.05, 4.69) is 5.29 Å². The molecule has 1 aromatic carbocycles. The lowest BCUT2D eigenvalue weighted by atomic mass is 9.90. The lowest BCUT2D eigenvalue weighted by Gasteiger charge is -2.58. The molecule has 3 aliphatic rings. The molecule has 0 aromatic heterocycles. The molecule has 0 aliphatic carbocycles. The highest BCUT2D eigenvalue weighted by Gasteiger charge is 2.72. The van der Waals surface area contributed by atoms with Gasteiger partial charge < -0.3 is 14.8 Å². The zero-order valence-corrected chi connectivity index (χ0v) is 17.9. The Balaban J connectivity index is 1.74. The van der Waals surface area contributed by atoms with Crippen molar-refractivity contribution in [1.29, 1.82) is 0 Å². The number of benzene rings is 1. The Labute approximate surface area is 180 Å². The summed E-state index contributed by atoms with van der Waals surface area (Å²) >= 11 is -1.83. The van der Waals surface area contributed by atoms with Crippen LogP contribution in [0.2, 0.25) is 0 Å². The molecule has 0 spiro atoms. The van der Waals surface area contributed by atoms with E-state index in [0.29, 0.717) is 5.56 Å². The molecular weight excluding hydrogens is 428 g/mol. The smallest absolute Gasteiger partial charge is 0.329 e. The van der Waals surface area contributed by atoms with Gasteiger partial charge in [0.05, 0.1) is 5.29 Å². The third-order valence-corrected chi connectivity index (χ3v) is 8.10. The summed E-state index contributed by atoms with van der Waals surface area (Å²) in [6.07, 6.45) is 0. The minimum absolute atomic E-state index is 0.366. The van der Waals surface area contributed by atoms with Gasteiger partial charge in [0.1, 0.15) is 17.0 Å². The lowest BCUT2D eigenvalue weighted by molar-refractivity contribution is -0.185. The van der Waals surface area contributed by atoms with E-state index in [1.54, 1.807) is 44.2 Å². The largest absolute Gasteiger partial charge is 0.615 e. The molecule has 11 nitrogen and oxygen atoms in total.